The number of pyridine rings is 1. The second-order valence-corrected chi connectivity index (χ2v) is 6.29. The normalized spacial score (nSPS) is 10.8. The smallest absolute Gasteiger partial charge is 0.124 e. The van der Waals surface area contributed by atoms with E-state index in [1.807, 2.05) is 30.5 Å². The lowest BCUT2D eigenvalue weighted by Crippen LogP contribution is -1.90. The number of phenols is 1. The number of para-hydroxylation sites is 1. The minimum absolute atomic E-state index is 0.288. The molecule has 124 valence electrons. The predicted molar refractivity (Wildman–Crippen MR) is 97.7 cm³/mol. The van der Waals surface area contributed by atoms with Crippen molar-refractivity contribution in [3.05, 3.63) is 48.2 Å². The number of aromatic hydroxyl groups is 1. The average Bonchev–Trinajstić information content (AvgIpc) is 2.58. The van der Waals surface area contributed by atoms with E-state index in [-0.39, 0.29) is 5.75 Å². The quantitative estimate of drug-likeness (QED) is 0.535. The fourth-order valence-corrected chi connectivity index (χ4v) is 2.88. The highest BCUT2D eigenvalue weighted by Crippen LogP contribution is 2.26. The molecule has 1 aromatic heterocycles. The zero-order chi connectivity index (χ0) is 16.3. The molecular formula is C21H29NO. The fraction of sp³-hybridized carbons (Fsp3) is 0.476. The van der Waals surface area contributed by atoms with E-state index in [1.165, 1.54) is 56.9 Å². The third kappa shape index (κ3) is 6.05. The van der Waals surface area contributed by atoms with Crippen molar-refractivity contribution in [2.75, 3.05) is 0 Å². The first-order valence-electron chi connectivity index (χ1n) is 9.04. The van der Waals surface area contributed by atoms with Gasteiger partial charge in [-0.15, -0.1) is 0 Å². The third-order valence-corrected chi connectivity index (χ3v) is 4.32. The van der Waals surface area contributed by atoms with E-state index < -0.39 is 0 Å². The molecule has 1 aromatic carbocycles. The number of hydrogen-bond acceptors (Lipinski definition) is 2. The lowest BCUT2D eigenvalue weighted by molar-refractivity contribution is 0.477. The van der Waals surface area contributed by atoms with Crippen LogP contribution < -0.4 is 0 Å². The largest absolute Gasteiger partial charge is 0.507 e. The Morgan fingerprint density at radius 2 is 1.52 bits per heavy atom. The molecule has 2 rings (SSSR count). The van der Waals surface area contributed by atoms with Crippen LogP contribution >= 0.6 is 0 Å². The molecule has 2 aromatic rings. The molecule has 2 nitrogen and oxygen atoms in total. The Morgan fingerprint density at radius 3 is 2.17 bits per heavy atom. The van der Waals surface area contributed by atoms with Gasteiger partial charge in [0.25, 0.3) is 0 Å². The summed E-state index contributed by atoms with van der Waals surface area (Å²) in [6.07, 6.45) is 13.8. The minimum Gasteiger partial charge on any atom is -0.507 e. The highest BCUT2D eigenvalue weighted by molar-refractivity contribution is 5.66. The van der Waals surface area contributed by atoms with Crippen LogP contribution in [0, 0.1) is 0 Å². The summed E-state index contributed by atoms with van der Waals surface area (Å²) in [7, 11) is 0. The van der Waals surface area contributed by atoms with E-state index >= 15 is 0 Å². The second kappa shape index (κ2) is 10.0. The number of hydrogen-bond donors (Lipinski definition) is 1. The molecule has 0 radical (unpaired) electrons. The lowest BCUT2D eigenvalue weighted by atomic mass is 10.0. The van der Waals surface area contributed by atoms with Gasteiger partial charge in [0.1, 0.15) is 5.75 Å². The SMILES string of the molecule is CCCCCCCCCCc1ccc(-c2ccccc2O)nc1. The summed E-state index contributed by atoms with van der Waals surface area (Å²) in [5.41, 5.74) is 2.92. The van der Waals surface area contributed by atoms with Crippen molar-refractivity contribution in [1.29, 1.82) is 0 Å². The molecule has 0 bridgehead atoms. The molecule has 0 saturated carbocycles. The minimum atomic E-state index is 0.288. The van der Waals surface area contributed by atoms with Crippen LogP contribution in [-0.4, -0.2) is 10.1 Å². The first-order chi connectivity index (χ1) is 11.3. The van der Waals surface area contributed by atoms with Gasteiger partial charge < -0.3 is 5.11 Å². The summed E-state index contributed by atoms with van der Waals surface area (Å²) in [4.78, 5) is 4.50. The number of nitrogens with zero attached hydrogens (tertiary/aromatic N) is 1. The summed E-state index contributed by atoms with van der Waals surface area (Å²) in [6, 6.07) is 11.5. The highest BCUT2D eigenvalue weighted by Gasteiger charge is 2.04. The van der Waals surface area contributed by atoms with Gasteiger partial charge in [-0.3, -0.25) is 4.98 Å². The molecule has 0 fully saturated rings. The van der Waals surface area contributed by atoms with Crippen LogP contribution in [0.4, 0.5) is 0 Å². The number of unbranched alkanes of at least 4 members (excludes halogenated alkanes) is 7. The Morgan fingerprint density at radius 1 is 0.826 bits per heavy atom. The van der Waals surface area contributed by atoms with Crippen LogP contribution in [0.2, 0.25) is 0 Å². The number of aryl methyl sites for hydroxylation is 1. The van der Waals surface area contributed by atoms with Gasteiger partial charge in [-0.05, 0) is 36.6 Å². The molecule has 0 spiro atoms. The lowest BCUT2D eigenvalue weighted by Gasteiger charge is -2.06. The van der Waals surface area contributed by atoms with Crippen molar-refractivity contribution in [1.82, 2.24) is 4.98 Å². The molecular weight excluding hydrogens is 282 g/mol. The molecule has 0 aliphatic heterocycles. The van der Waals surface area contributed by atoms with Crippen LogP contribution in [0.3, 0.4) is 0 Å². The molecule has 23 heavy (non-hydrogen) atoms. The van der Waals surface area contributed by atoms with Gasteiger partial charge in [0.05, 0.1) is 5.69 Å². The number of rotatable bonds is 10. The van der Waals surface area contributed by atoms with Crippen molar-refractivity contribution in [2.45, 2.75) is 64.7 Å². The molecule has 0 unspecified atom stereocenters. The van der Waals surface area contributed by atoms with Crippen molar-refractivity contribution < 1.29 is 5.11 Å². The highest BCUT2D eigenvalue weighted by atomic mass is 16.3. The van der Waals surface area contributed by atoms with Crippen molar-refractivity contribution in [3.8, 4) is 17.0 Å². The van der Waals surface area contributed by atoms with E-state index in [9.17, 15) is 5.11 Å². The maximum atomic E-state index is 9.87. The average molecular weight is 311 g/mol. The zero-order valence-corrected chi connectivity index (χ0v) is 14.3. The van der Waals surface area contributed by atoms with Crippen LogP contribution in [0.15, 0.2) is 42.6 Å². The van der Waals surface area contributed by atoms with Crippen molar-refractivity contribution in [2.24, 2.45) is 0 Å². The molecule has 0 aliphatic carbocycles. The maximum Gasteiger partial charge on any atom is 0.124 e. The van der Waals surface area contributed by atoms with Gasteiger partial charge >= 0.3 is 0 Å². The summed E-state index contributed by atoms with van der Waals surface area (Å²) in [5.74, 6) is 0.288. The summed E-state index contributed by atoms with van der Waals surface area (Å²) < 4.78 is 0. The number of aromatic nitrogens is 1. The Bertz CT molecular complexity index is 562. The molecule has 1 heterocycles. The summed E-state index contributed by atoms with van der Waals surface area (Å²) in [6.45, 7) is 2.26. The summed E-state index contributed by atoms with van der Waals surface area (Å²) >= 11 is 0. The predicted octanol–water partition coefficient (Wildman–Crippen LogP) is 6.14. The number of benzene rings is 1. The van der Waals surface area contributed by atoms with E-state index in [2.05, 4.69) is 18.0 Å². The van der Waals surface area contributed by atoms with Gasteiger partial charge in [0.15, 0.2) is 0 Å². The molecule has 1 N–H and O–H groups in total. The topological polar surface area (TPSA) is 33.1 Å². The van der Waals surface area contributed by atoms with Crippen LogP contribution in [0.5, 0.6) is 5.75 Å². The Kier molecular flexibility index (Phi) is 7.65. The van der Waals surface area contributed by atoms with Gasteiger partial charge in [-0.2, -0.15) is 0 Å². The second-order valence-electron chi connectivity index (χ2n) is 6.29. The maximum absolute atomic E-state index is 9.87. The Labute approximate surface area is 140 Å². The van der Waals surface area contributed by atoms with E-state index in [0.717, 1.165) is 17.7 Å². The monoisotopic (exact) mass is 311 g/mol. The molecule has 0 aliphatic rings. The van der Waals surface area contributed by atoms with Gasteiger partial charge in [0, 0.05) is 11.8 Å². The molecule has 0 saturated heterocycles. The van der Waals surface area contributed by atoms with Crippen LogP contribution in [-0.2, 0) is 6.42 Å². The molecule has 0 amide bonds. The van der Waals surface area contributed by atoms with Crippen molar-refractivity contribution >= 4 is 0 Å². The fourth-order valence-electron chi connectivity index (χ4n) is 2.88. The van der Waals surface area contributed by atoms with Crippen LogP contribution in [0.25, 0.3) is 11.3 Å². The Balaban J connectivity index is 1.70. The standard InChI is InChI=1S/C21H29NO/c1-2-3-4-5-6-7-8-9-12-18-15-16-20(22-17-18)19-13-10-11-14-21(19)23/h10-11,13-17,23H,2-9,12H2,1H3. The third-order valence-electron chi connectivity index (χ3n) is 4.32. The van der Waals surface area contributed by atoms with Crippen LogP contribution in [0.1, 0.15) is 63.9 Å². The van der Waals surface area contributed by atoms with Crippen molar-refractivity contribution in [3.63, 3.8) is 0 Å². The van der Waals surface area contributed by atoms with Gasteiger partial charge in [0.2, 0.25) is 0 Å². The molecule has 0 atom stereocenters. The molecule has 2 heteroatoms. The Hall–Kier alpha value is -1.83. The number of phenolic OH excluding ortho intramolecular Hbond substituents is 1. The summed E-state index contributed by atoms with van der Waals surface area (Å²) in [5, 5.41) is 9.87. The first kappa shape index (κ1) is 17.5. The first-order valence-corrected chi connectivity index (χ1v) is 9.04. The van der Waals surface area contributed by atoms with E-state index in [1.54, 1.807) is 6.07 Å². The van der Waals surface area contributed by atoms with E-state index in [4.69, 9.17) is 0 Å². The zero-order valence-electron chi connectivity index (χ0n) is 14.3. The van der Waals surface area contributed by atoms with Gasteiger partial charge in [-0.25, -0.2) is 0 Å². The van der Waals surface area contributed by atoms with Gasteiger partial charge in [-0.1, -0.05) is 70.1 Å². The van der Waals surface area contributed by atoms with E-state index in [0.29, 0.717) is 0 Å².